The predicted molar refractivity (Wildman–Crippen MR) is 49.0 cm³/mol. The summed E-state index contributed by atoms with van der Waals surface area (Å²) in [6, 6.07) is 3.37. The minimum absolute atomic E-state index is 0.140. The van der Waals surface area contributed by atoms with Gasteiger partial charge >= 0.3 is 5.97 Å². The van der Waals surface area contributed by atoms with E-state index in [1.807, 2.05) is 0 Å². The number of carbonyl (C=O) groups is 1. The summed E-state index contributed by atoms with van der Waals surface area (Å²) in [5.74, 6) is 0.00981. The molecule has 0 radical (unpaired) electrons. The Labute approximate surface area is 77.0 Å². The fraction of sp³-hybridized carbons (Fsp3) is 0.300. The molecule has 13 heavy (non-hydrogen) atoms. The molecule has 0 unspecified atom stereocenters. The van der Waals surface area contributed by atoms with Crippen molar-refractivity contribution in [2.45, 2.75) is 20.0 Å². The molecule has 0 fully saturated rings. The molecule has 0 atom stereocenters. The van der Waals surface area contributed by atoms with E-state index in [1.54, 1.807) is 26.0 Å². The fourth-order valence-electron chi connectivity index (χ4n) is 0.836. The van der Waals surface area contributed by atoms with Crippen molar-refractivity contribution in [2.24, 2.45) is 0 Å². The van der Waals surface area contributed by atoms with Gasteiger partial charge in [0.1, 0.15) is 5.76 Å². The highest BCUT2D eigenvalue weighted by atomic mass is 16.5. The number of hydrogen-bond donors (Lipinski definition) is 0. The lowest BCUT2D eigenvalue weighted by molar-refractivity contribution is -0.140. The lowest BCUT2D eigenvalue weighted by Crippen LogP contribution is -2.11. The monoisotopic (exact) mass is 180 g/mol. The van der Waals surface area contributed by atoms with E-state index in [0.29, 0.717) is 5.76 Å². The first kappa shape index (κ1) is 9.58. The van der Waals surface area contributed by atoms with Gasteiger partial charge in [0.15, 0.2) is 0 Å². The van der Waals surface area contributed by atoms with E-state index >= 15 is 0 Å². The maximum Gasteiger partial charge on any atom is 0.341 e. The van der Waals surface area contributed by atoms with Crippen LogP contribution in [0.4, 0.5) is 0 Å². The maximum atomic E-state index is 11.3. The lowest BCUT2D eigenvalue weighted by atomic mass is 10.2. The van der Waals surface area contributed by atoms with Crippen molar-refractivity contribution in [1.29, 1.82) is 0 Å². The van der Waals surface area contributed by atoms with E-state index in [9.17, 15) is 4.79 Å². The molecule has 0 spiro atoms. The first-order valence-corrected chi connectivity index (χ1v) is 4.05. The van der Waals surface area contributed by atoms with E-state index in [2.05, 4.69) is 6.58 Å². The second-order valence-electron chi connectivity index (χ2n) is 2.91. The summed E-state index contributed by atoms with van der Waals surface area (Å²) in [6.45, 7) is 7.15. The topological polar surface area (TPSA) is 39.4 Å². The van der Waals surface area contributed by atoms with E-state index in [-0.39, 0.29) is 11.7 Å². The molecule has 0 aliphatic heterocycles. The molecule has 3 nitrogen and oxygen atoms in total. The smallest absolute Gasteiger partial charge is 0.341 e. The summed E-state index contributed by atoms with van der Waals surface area (Å²) in [5.41, 5.74) is 0.249. The third kappa shape index (κ3) is 2.47. The molecule has 1 heterocycles. The summed E-state index contributed by atoms with van der Waals surface area (Å²) < 4.78 is 9.93. The van der Waals surface area contributed by atoms with Crippen molar-refractivity contribution >= 4 is 11.5 Å². The Morgan fingerprint density at radius 1 is 1.62 bits per heavy atom. The molecule has 0 aliphatic carbocycles. The van der Waals surface area contributed by atoms with Crippen LogP contribution in [-0.2, 0) is 9.53 Å². The molecule has 0 saturated heterocycles. The van der Waals surface area contributed by atoms with Crippen LogP contribution < -0.4 is 0 Å². The van der Waals surface area contributed by atoms with Crippen molar-refractivity contribution in [3.05, 3.63) is 30.7 Å². The van der Waals surface area contributed by atoms with Crippen LogP contribution in [0.25, 0.3) is 5.57 Å². The third-order valence-electron chi connectivity index (χ3n) is 1.41. The van der Waals surface area contributed by atoms with Gasteiger partial charge in [-0.1, -0.05) is 6.58 Å². The Morgan fingerprint density at radius 3 is 2.77 bits per heavy atom. The minimum atomic E-state index is -0.440. The molecule has 70 valence electrons. The standard InChI is InChI=1S/C10H12O3/c1-7(2)13-10(11)8(3)9-5-4-6-12-9/h4-7H,3H2,1-2H3. The molecule has 3 heteroatoms. The van der Waals surface area contributed by atoms with Gasteiger partial charge in [0.2, 0.25) is 0 Å². The Kier molecular flexibility index (Phi) is 2.90. The number of esters is 1. The third-order valence-corrected chi connectivity index (χ3v) is 1.41. The van der Waals surface area contributed by atoms with Crippen LogP contribution in [-0.4, -0.2) is 12.1 Å². The number of furan rings is 1. The zero-order valence-electron chi connectivity index (χ0n) is 7.74. The quantitative estimate of drug-likeness (QED) is 0.529. The number of rotatable bonds is 3. The van der Waals surface area contributed by atoms with Gasteiger partial charge in [-0.2, -0.15) is 0 Å². The highest BCUT2D eigenvalue weighted by molar-refractivity contribution is 6.14. The normalized spacial score (nSPS) is 10.1. The molecular formula is C10H12O3. The SMILES string of the molecule is C=C(C(=O)OC(C)C)c1ccco1. The Balaban J connectivity index is 2.64. The van der Waals surface area contributed by atoms with Gasteiger partial charge in [-0.3, -0.25) is 0 Å². The van der Waals surface area contributed by atoms with Gasteiger partial charge in [0.05, 0.1) is 17.9 Å². The number of hydrogen-bond acceptors (Lipinski definition) is 3. The molecule has 1 aromatic rings. The van der Waals surface area contributed by atoms with Gasteiger partial charge in [-0.05, 0) is 26.0 Å². The first-order valence-electron chi connectivity index (χ1n) is 4.05. The van der Waals surface area contributed by atoms with Crippen molar-refractivity contribution in [1.82, 2.24) is 0 Å². The zero-order valence-corrected chi connectivity index (χ0v) is 7.74. The van der Waals surface area contributed by atoms with E-state index in [0.717, 1.165) is 0 Å². The van der Waals surface area contributed by atoms with E-state index in [1.165, 1.54) is 6.26 Å². The van der Waals surface area contributed by atoms with Gasteiger partial charge in [-0.25, -0.2) is 4.79 Å². The van der Waals surface area contributed by atoms with Gasteiger partial charge < -0.3 is 9.15 Å². The molecule has 0 amide bonds. The lowest BCUT2D eigenvalue weighted by Gasteiger charge is -2.07. The fourth-order valence-corrected chi connectivity index (χ4v) is 0.836. The largest absolute Gasteiger partial charge is 0.464 e. The van der Waals surface area contributed by atoms with Crippen LogP contribution in [0.15, 0.2) is 29.4 Å². The van der Waals surface area contributed by atoms with Crippen LogP contribution >= 0.6 is 0 Å². The minimum Gasteiger partial charge on any atom is -0.464 e. The van der Waals surface area contributed by atoms with Crippen LogP contribution in [0.5, 0.6) is 0 Å². The Morgan fingerprint density at radius 2 is 2.31 bits per heavy atom. The maximum absolute atomic E-state index is 11.3. The highest BCUT2D eigenvalue weighted by Crippen LogP contribution is 2.14. The summed E-state index contributed by atoms with van der Waals surface area (Å²) in [4.78, 5) is 11.3. The molecule has 1 rings (SSSR count). The summed E-state index contributed by atoms with van der Waals surface area (Å²) in [5, 5.41) is 0. The summed E-state index contributed by atoms with van der Waals surface area (Å²) in [6.07, 6.45) is 1.35. The van der Waals surface area contributed by atoms with Crippen LogP contribution in [0.1, 0.15) is 19.6 Å². The highest BCUT2D eigenvalue weighted by Gasteiger charge is 2.14. The average Bonchev–Trinajstić information content (AvgIpc) is 2.53. The van der Waals surface area contributed by atoms with Gasteiger partial charge in [0, 0.05) is 0 Å². The van der Waals surface area contributed by atoms with Crippen molar-refractivity contribution in [3.8, 4) is 0 Å². The summed E-state index contributed by atoms with van der Waals surface area (Å²) >= 11 is 0. The van der Waals surface area contributed by atoms with Gasteiger partial charge in [-0.15, -0.1) is 0 Å². The van der Waals surface area contributed by atoms with Crippen molar-refractivity contribution in [3.63, 3.8) is 0 Å². The van der Waals surface area contributed by atoms with Crippen molar-refractivity contribution < 1.29 is 13.9 Å². The van der Waals surface area contributed by atoms with Gasteiger partial charge in [0.25, 0.3) is 0 Å². The Bertz CT molecular complexity index is 296. The molecule has 0 N–H and O–H groups in total. The van der Waals surface area contributed by atoms with Crippen LogP contribution in [0, 0.1) is 0 Å². The number of ether oxygens (including phenoxy) is 1. The molecular weight excluding hydrogens is 168 g/mol. The predicted octanol–water partition coefficient (Wildman–Crippen LogP) is 2.24. The first-order chi connectivity index (χ1) is 6.11. The van der Waals surface area contributed by atoms with Crippen LogP contribution in [0.2, 0.25) is 0 Å². The van der Waals surface area contributed by atoms with Crippen LogP contribution in [0.3, 0.4) is 0 Å². The molecule has 0 aromatic carbocycles. The zero-order chi connectivity index (χ0) is 9.84. The molecule has 0 aliphatic rings. The second kappa shape index (κ2) is 3.94. The number of carbonyl (C=O) groups excluding carboxylic acids is 1. The van der Waals surface area contributed by atoms with E-state index in [4.69, 9.17) is 9.15 Å². The second-order valence-corrected chi connectivity index (χ2v) is 2.91. The molecule has 0 saturated carbocycles. The molecule has 0 bridgehead atoms. The average molecular weight is 180 g/mol. The van der Waals surface area contributed by atoms with Crippen molar-refractivity contribution in [2.75, 3.05) is 0 Å². The summed E-state index contributed by atoms with van der Waals surface area (Å²) in [7, 11) is 0. The Hall–Kier alpha value is -1.51. The molecule has 1 aromatic heterocycles. The van der Waals surface area contributed by atoms with E-state index < -0.39 is 5.97 Å².